The van der Waals surface area contributed by atoms with Gasteiger partial charge in [-0.2, -0.15) is 0 Å². The minimum Gasteiger partial charge on any atom is -0.432 e. The highest BCUT2D eigenvalue weighted by atomic mass is 28.4. The maximum Gasteiger partial charge on any atom is 0.269 e. The summed E-state index contributed by atoms with van der Waals surface area (Å²) in [6, 6.07) is 23.2. The van der Waals surface area contributed by atoms with E-state index < -0.39 is 36.4 Å². The van der Waals surface area contributed by atoms with Gasteiger partial charge in [-0.05, 0) is 30.3 Å². The number of nitro benzene ring substituents is 1. The Morgan fingerprint density at radius 1 is 1.07 bits per heavy atom. The van der Waals surface area contributed by atoms with Crippen LogP contribution in [0.15, 0.2) is 78.9 Å². The molecular weight excluding hydrogens is 566 g/mol. The molecule has 1 saturated heterocycles. The van der Waals surface area contributed by atoms with E-state index in [0.717, 1.165) is 11.1 Å². The molecule has 0 radical (unpaired) electrons. The summed E-state index contributed by atoms with van der Waals surface area (Å²) in [6.07, 6.45) is -0.935. The van der Waals surface area contributed by atoms with Gasteiger partial charge >= 0.3 is 0 Å². The molecule has 1 spiro atoms. The number of nitrogens with zero attached hydrogens (tertiary/aromatic N) is 3. The molecule has 1 fully saturated rings. The Bertz CT molecular complexity index is 1500. The zero-order valence-electron chi connectivity index (χ0n) is 24.6. The minimum atomic E-state index is -3.07. The molecule has 2 aliphatic rings. The SMILES string of the molecule is C[C@@H]1[C@@H]([Si](C)(C)O)[C@H](CC(=O)N(CCO)Cc2ccccc2)O[C@@]12C(=O)N(Cc1ccccc1)c1ccc([N+](=O)[O-])cc12. The van der Waals surface area contributed by atoms with E-state index in [1.807, 2.05) is 67.6 Å². The van der Waals surface area contributed by atoms with Crippen LogP contribution in [0, 0.1) is 16.0 Å². The smallest absolute Gasteiger partial charge is 0.269 e. The number of non-ortho nitro benzene ring substituents is 1. The average molecular weight is 604 g/mol. The van der Waals surface area contributed by atoms with Crippen LogP contribution >= 0.6 is 0 Å². The second-order valence-electron chi connectivity index (χ2n) is 11.9. The Morgan fingerprint density at radius 2 is 1.70 bits per heavy atom. The van der Waals surface area contributed by atoms with Crippen LogP contribution in [-0.4, -0.2) is 59.1 Å². The predicted molar refractivity (Wildman–Crippen MR) is 163 cm³/mol. The van der Waals surface area contributed by atoms with Crippen molar-refractivity contribution < 1.29 is 29.2 Å². The number of amides is 2. The molecule has 3 aromatic rings. The van der Waals surface area contributed by atoms with Gasteiger partial charge in [0.1, 0.15) is 0 Å². The molecule has 226 valence electrons. The number of rotatable bonds is 10. The average Bonchev–Trinajstić information content (AvgIpc) is 3.40. The van der Waals surface area contributed by atoms with Crippen molar-refractivity contribution in [2.75, 3.05) is 18.1 Å². The second-order valence-corrected chi connectivity index (χ2v) is 15.9. The number of carbonyl (C=O) groups excluding carboxylic acids is 2. The summed E-state index contributed by atoms with van der Waals surface area (Å²) >= 11 is 0. The van der Waals surface area contributed by atoms with Gasteiger partial charge in [0.2, 0.25) is 5.91 Å². The van der Waals surface area contributed by atoms with Crippen LogP contribution in [0.1, 0.15) is 30.0 Å². The first-order chi connectivity index (χ1) is 20.5. The fraction of sp³-hybridized carbons (Fsp3) is 0.375. The van der Waals surface area contributed by atoms with Crippen molar-refractivity contribution in [3.63, 3.8) is 0 Å². The molecule has 11 heteroatoms. The number of ether oxygens (including phenoxy) is 1. The number of hydrogen-bond donors (Lipinski definition) is 2. The van der Waals surface area contributed by atoms with E-state index in [4.69, 9.17) is 4.74 Å². The third-order valence-corrected chi connectivity index (χ3v) is 11.2. The first kappa shape index (κ1) is 30.6. The second kappa shape index (κ2) is 12.0. The lowest BCUT2D eigenvalue weighted by Crippen LogP contribution is -2.46. The zero-order chi connectivity index (χ0) is 30.9. The largest absolute Gasteiger partial charge is 0.432 e. The van der Waals surface area contributed by atoms with Gasteiger partial charge in [-0.25, -0.2) is 0 Å². The van der Waals surface area contributed by atoms with Crippen LogP contribution in [0.25, 0.3) is 0 Å². The highest BCUT2D eigenvalue weighted by molar-refractivity contribution is 6.71. The molecule has 2 aliphatic heterocycles. The number of fused-ring (bicyclic) bond motifs is 2. The van der Waals surface area contributed by atoms with Gasteiger partial charge in [-0.3, -0.25) is 19.7 Å². The summed E-state index contributed by atoms with van der Waals surface area (Å²) in [4.78, 5) is 54.2. The summed E-state index contributed by atoms with van der Waals surface area (Å²) in [5.41, 5.74) is 0.362. The molecule has 5 rings (SSSR count). The number of aliphatic hydroxyl groups is 1. The lowest BCUT2D eigenvalue weighted by molar-refractivity contribution is -0.385. The first-order valence-corrected chi connectivity index (χ1v) is 17.5. The van der Waals surface area contributed by atoms with Crippen LogP contribution in [-0.2, 0) is 33.0 Å². The molecule has 4 atom stereocenters. The molecule has 2 heterocycles. The third kappa shape index (κ3) is 5.73. The van der Waals surface area contributed by atoms with Gasteiger partial charge in [0.05, 0.1) is 36.3 Å². The van der Waals surface area contributed by atoms with E-state index in [1.54, 1.807) is 29.0 Å². The molecular formula is C32H37N3O7Si. The summed E-state index contributed by atoms with van der Waals surface area (Å²) in [7, 11) is -3.07. The molecule has 43 heavy (non-hydrogen) atoms. The van der Waals surface area contributed by atoms with Crippen molar-refractivity contribution in [1.29, 1.82) is 0 Å². The normalized spacial score (nSPS) is 23.0. The Kier molecular flexibility index (Phi) is 8.53. The van der Waals surface area contributed by atoms with Crippen LogP contribution in [0.2, 0.25) is 18.6 Å². The summed E-state index contributed by atoms with van der Waals surface area (Å²) in [6.45, 7) is 5.78. The van der Waals surface area contributed by atoms with E-state index in [1.165, 1.54) is 12.1 Å². The van der Waals surface area contributed by atoms with Crippen LogP contribution < -0.4 is 4.90 Å². The monoisotopic (exact) mass is 603 g/mol. The van der Waals surface area contributed by atoms with Gasteiger partial charge in [0, 0.05) is 42.2 Å². The van der Waals surface area contributed by atoms with E-state index in [9.17, 15) is 29.6 Å². The molecule has 2 N–H and O–H groups in total. The molecule has 0 bridgehead atoms. The highest BCUT2D eigenvalue weighted by Gasteiger charge is 2.66. The summed E-state index contributed by atoms with van der Waals surface area (Å²) < 4.78 is 6.70. The van der Waals surface area contributed by atoms with Crippen molar-refractivity contribution in [1.82, 2.24) is 4.90 Å². The molecule has 2 amide bonds. The van der Waals surface area contributed by atoms with Crippen molar-refractivity contribution in [3.8, 4) is 0 Å². The van der Waals surface area contributed by atoms with E-state index >= 15 is 0 Å². The quantitative estimate of drug-likeness (QED) is 0.200. The highest BCUT2D eigenvalue weighted by Crippen LogP contribution is 2.60. The summed E-state index contributed by atoms with van der Waals surface area (Å²) in [5.74, 6) is -1.22. The number of anilines is 1. The fourth-order valence-corrected chi connectivity index (χ4v) is 9.37. The Balaban J connectivity index is 1.54. The minimum absolute atomic E-state index is 0.114. The lowest BCUT2D eigenvalue weighted by Gasteiger charge is -2.32. The van der Waals surface area contributed by atoms with E-state index in [2.05, 4.69) is 0 Å². The maximum atomic E-state index is 14.5. The van der Waals surface area contributed by atoms with Crippen LogP contribution in [0.5, 0.6) is 0 Å². The lowest BCUT2D eigenvalue weighted by atomic mass is 9.82. The van der Waals surface area contributed by atoms with Crippen molar-refractivity contribution in [2.45, 2.75) is 56.8 Å². The number of carbonyl (C=O) groups is 2. The molecule has 3 aromatic carbocycles. The van der Waals surface area contributed by atoms with Gasteiger partial charge in [-0.1, -0.05) is 67.6 Å². The van der Waals surface area contributed by atoms with Crippen molar-refractivity contribution in [2.24, 2.45) is 5.92 Å². The van der Waals surface area contributed by atoms with Gasteiger partial charge in [-0.15, -0.1) is 0 Å². The number of nitro groups is 1. The molecule has 0 saturated carbocycles. The number of benzene rings is 3. The van der Waals surface area contributed by atoms with Crippen molar-refractivity contribution in [3.05, 3.63) is 106 Å². The van der Waals surface area contributed by atoms with Gasteiger partial charge in [0.25, 0.3) is 11.6 Å². The van der Waals surface area contributed by atoms with Crippen molar-refractivity contribution >= 4 is 31.5 Å². The third-order valence-electron chi connectivity index (χ3n) is 8.68. The zero-order valence-corrected chi connectivity index (χ0v) is 25.6. The Morgan fingerprint density at radius 3 is 2.28 bits per heavy atom. The molecule has 0 aromatic heterocycles. The molecule has 10 nitrogen and oxygen atoms in total. The standard InChI is InChI=1S/C32H37N3O7Si/c1-22-30(43(2,3)41)28(19-29(37)33(16-17-36)20-23-10-6-4-7-11-23)42-32(22)26-18-25(35(39)40)14-15-27(26)34(31(32)38)21-24-12-8-5-9-13-24/h4-15,18,22,28,30,36,41H,16-17,19-21H2,1-3H3/t22-,28+,30-,32+/m1/s1. The Hall–Kier alpha value is -3.90. The van der Waals surface area contributed by atoms with E-state index in [0.29, 0.717) is 11.3 Å². The number of aliphatic hydroxyl groups excluding tert-OH is 1. The Labute approximate surface area is 251 Å². The molecule has 0 aliphatic carbocycles. The molecule has 0 unspecified atom stereocenters. The van der Waals surface area contributed by atoms with Gasteiger partial charge in [0.15, 0.2) is 13.9 Å². The van der Waals surface area contributed by atoms with Crippen LogP contribution in [0.4, 0.5) is 11.4 Å². The maximum absolute atomic E-state index is 14.5. The predicted octanol–water partition coefficient (Wildman–Crippen LogP) is 4.35. The fourth-order valence-electron chi connectivity index (χ4n) is 6.82. The topological polar surface area (TPSA) is 133 Å². The first-order valence-electron chi connectivity index (χ1n) is 14.4. The van der Waals surface area contributed by atoms with Gasteiger partial charge < -0.3 is 24.4 Å². The summed E-state index contributed by atoms with van der Waals surface area (Å²) in [5, 5.41) is 21.5. The number of hydrogen-bond acceptors (Lipinski definition) is 7. The van der Waals surface area contributed by atoms with E-state index in [-0.39, 0.29) is 50.2 Å². The van der Waals surface area contributed by atoms with Crippen LogP contribution in [0.3, 0.4) is 0 Å².